The van der Waals surface area contributed by atoms with Crippen LogP contribution in [0.15, 0.2) is 30.3 Å². The summed E-state index contributed by atoms with van der Waals surface area (Å²) in [5.41, 5.74) is 7.07. The standard InChI is InChI=1S/C13H14N2O2S/c1-8-11(14)7-12(18-8)13(16)15-9-4-3-5-10(6-9)17-2/h3-7H,14H2,1-2H3,(H,15,16). The number of carbonyl (C=O) groups excluding carboxylic acids is 1. The van der Waals surface area contributed by atoms with Crippen molar-refractivity contribution >= 4 is 28.6 Å². The molecule has 5 heteroatoms. The molecule has 0 saturated carbocycles. The van der Waals surface area contributed by atoms with Crippen LogP contribution in [0.2, 0.25) is 0 Å². The van der Waals surface area contributed by atoms with Crippen LogP contribution in [0.5, 0.6) is 5.75 Å². The summed E-state index contributed by atoms with van der Waals surface area (Å²) in [6.45, 7) is 1.89. The molecule has 0 fully saturated rings. The normalized spacial score (nSPS) is 10.1. The van der Waals surface area contributed by atoms with E-state index in [2.05, 4.69) is 5.32 Å². The van der Waals surface area contributed by atoms with Crippen LogP contribution in [-0.4, -0.2) is 13.0 Å². The van der Waals surface area contributed by atoms with Crippen LogP contribution in [0, 0.1) is 6.92 Å². The molecule has 0 saturated heterocycles. The van der Waals surface area contributed by atoms with Gasteiger partial charge in [0, 0.05) is 22.3 Å². The number of aryl methyl sites for hydroxylation is 1. The molecule has 0 aliphatic carbocycles. The highest BCUT2D eigenvalue weighted by Gasteiger charge is 2.11. The first kappa shape index (κ1) is 12.4. The van der Waals surface area contributed by atoms with Crippen molar-refractivity contribution in [1.29, 1.82) is 0 Å². The van der Waals surface area contributed by atoms with Crippen LogP contribution in [0.25, 0.3) is 0 Å². The van der Waals surface area contributed by atoms with Crippen LogP contribution in [-0.2, 0) is 0 Å². The van der Waals surface area contributed by atoms with Gasteiger partial charge in [0.2, 0.25) is 0 Å². The van der Waals surface area contributed by atoms with Gasteiger partial charge in [-0.2, -0.15) is 0 Å². The summed E-state index contributed by atoms with van der Waals surface area (Å²) in [4.78, 5) is 13.5. The lowest BCUT2D eigenvalue weighted by Crippen LogP contribution is -2.10. The fourth-order valence-electron chi connectivity index (χ4n) is 1.50. The number of hydrogen-bond donors (Lipinski definition) is 2. The number of amides is 1. The van der Waals surface area contributed by atoms with E-state index in [4.69, 9.17) is 10.5 Å². The number of nitrogens with one attached hydrogen (secondary N) is 1. The average Bonchev–Trinajstić information content (AvgIpc) is 2.70. The highest BCUT2D eigenvalue weighted by molar-refractivity contribution is 7.14. The molecule has 1 aromatic carbocycles. The topological polar surface area (TPSA) is 64.3 Å². The third-order valence-corrected chi connectivity index (χ3v) is 3.57. The highest BCUT2D eigenvalue weighted by Crippen LogP contribution is 2.25. The number of ether oxygens (including phenoxy) is 1. The van der Waals surface area contributed by atoms with Crippen molar-refractivity contribution in [3.63, 3.8) is 0 Å². The van der Waals surface area contributed by atoms with Crippen LogP contribution < -0.4 is 15.8 Å². The molecule has 94 valence electrons. The monoisotopic (exact) mass is 262 g/mol. The third kappa shape index (κ3) is 2.62. The summed E-state index contributed by atoms with van der Waals surface area (Å²) in [6.07, 6.45) is 0. The molecule has 18 heavy (non-hydrogen) atoms. The quantitative estimate of drug-likeness (QED) is 0.894. The molecule has 0 aliphatic rings. The van der Waals surface area contributed by atoms with E-state index in [9.17, 15) is 4.79 Å². The molecule has 0 bridgehead atoms. The molecule has 0 atom stereocenters. The minimum atomic E-state index is -0.159. The van der Waals surface area contributed by atoms with Crippen molar-refractivity contribution in [3.8, 4) is 5.75 Å². The molecule has 1 heterocycles. The summed E-state index contributed by atoms with van der Waals surface area (Å²) in [5, 5.41) is 2.81. The van der Waals surface area contributed by atoms with E-state index in [1.807, 2.05) is 25.1 Å². The van der Waals surface area contributed by atoms with Gasteiger partial charge in [-0.05, 0) is 25.1 Å². The molecule has 0 radical (unpaired) electrons. The van der Waals surface area contributed by atoms with Gasteiger partial charge in [0.25, 0.3) is 5.91 Å². The van der Waals surface area contributed by atoms with Crippen LogP contribution in [0.1, 0.15) is 14.5 Å². The van der Waals surface area contributed by atoms with E-state index in [1.54, 1.807) is 19.2 Å². The largest absolute Gasteiger partial charge is 0.497 e. The first-order valence-electron chi connectivity index (χ1n) is 5.41. The number of nitrogens with two attached hydrogens (primary N) is 1. The van der Waals surface area contributed by atoms with Crippen molar-refractivity contribution in [2.75, 3.05) is 18.2 Å². The second kappa shape index (κ2) is 5.10. The van der Waals surface area contributed by atoms with Crippen molar-refractivity contribution in [2.45, 2.75) is 6.92 Å². The molecule has 1 amide bonds. The molecule has 3 N–H and O–H groups in total. The maximum atomic E-state index is 12.0. The van der Waals surface area contributed by atoms with E-state index >= 15 is 0 Å². The van der Waals surface area contributed by atoms with Gasteiger partial charge in [0.15, 0.2) is 0 Å². The lowest BCUT2D eigenvalue weighted by atomic mass is 10.3. The first-order chi connectivity index (χ1) is 8.60. The van der Waals surface area contributed by atoms with E-state index in [-0.39, 0.29) is 5.91 Å². The Hall–Kier alpha value is -2.01. The minimum absolute atomic E-state index is 0.159. The molecule has 1 aromatic heterocycles. The summed E-state index contributed by atoms with van der Waals surface area (Å²) in [7, 11) is 1.59. The number of carbonyl (C=O) groups is 1. The second-order valence-corrected chi connectivity index (χ2v) is 5.06. The van der Waals surface area contributed by atoms with Crippen molar-refractivity contribution in [1.82, 2.24) is 0 Å². The van der Waals surface area contributed by atoms with Crippen LogP contribution in [0.3, 0.4) is 0 Å². The summed E-state index contributed by atoms with van der Waals surface area (Å²) < 4.78 is 5.10. The SMILES string of the molecule is COc1cccc(NC(=O)c2cc(N)c(C)s2)c1. The Labute approximate surface area is 109 Å². The lowest BCUT2D eigenvalue weighted by molar-refractivity contribution is 0.103. The van der Waals surface area contributed by atoms with Gasteiger partial charge in [0.1, 0.15) is 5.75 Å². The number of methoxy groups -OCH3 is 1. The smallest absolute Gasteiger partial charge is 0.265 e. The number of benzene rings is 1. The Bertz CT molecular complexity index is 559. The van der Waals surface area contributed by atoms with Crippen LogP contribution in [0.4, 0.5) is 11.4 Å². The zero-order valence-electron chi connectivity index (χ0n) is 10.2. The predicted molar refractivity (Wildman–Crippen MR) is 74.4 cm³/mol. The van der Waals surface area contributed by atoms with Crippen molar-refractivity contribution < 1.29 is 9.53 Å². The zero-order valence-corrected chi connectivity index (χ0v) is 11.0. The predicted octanol–water partition coefficient (Wildman–Crippen LogP) is 2.90. The maximum Gasteiger partial charge on any atom is 0.265 e. The summed E-state index contributed by atoms with van der Waals surface area (Å²) in [5.74, 6) is 0.544. The third-order valence-electron chi connectivity index (χ3n) is 2.51. The molecule has 4 nitrogen and oxygen atoms in total. The Morgan fingerprint density at radius 1 is 1.39 bits per heavy atom. The van der Waals surface area contributed by atoms with Crippen molar-refractivity contribution in [3.05, 3.63) is 40.1 Å². The maximum absolute atomic E-state index is 12.0. The van der Waals surface area contributed by atoms with E-state index in [0.29, 0.717) is 22.0 Å². The number of rotatable bonds is 3. The fourth-order valence-corrected chi connectivity index (χ4v) is 2.34. The Morgan fingerprint density at radius 3 is 2.78 bits per heavy atom. The van der Waals surface area contributed by atoms with E-state index in [1.165, 1.54) is 11.3 Å². The highest BCUT2D eigenvalue weighted by atomic mass is 32.1. The van der Waals surface area contributed by atoms with Crippen LogP contribution >= 0.6 is 11.3 Å². The molecule has 2 rings (SSSR count). The fraction of sp³-hybridized carbons (Fsp3) is 0.154. The molecule has 0 aliphatic heterocycles. The number of hydrogen-bond acceptors (Lipinski definition) is 4. The number of thiophene rings is 1. The van der Waals surface area contributed by atoms with Gasteiger partial charge in [-0.25, -0.2) is 0 Å². The Morgan fingerprint density at radius 2 is 2.17 bits per heavy atom. The van der Waals surface area contributed by atoms with Gasteiger partial charge < -0.3 is 15.8 Å². The molecular weight excluding hydrogens is 248 g/mol. The second-order valence-electron chi connectivity index (χ2n) is 3.81. The van der Waals surface area contributed by atoms with Gasteiger partial charge in [0.05, 0.1) is 12.0 Å². The summed E-state index contributed by atoms with van der Waals surface area (Å²) >= 11 is 1.38. The van der Waals surface area contributed by atoms with Gasteiger partial charge in [-0.1, -0.05) is 6.07 Å². The van der Waals surface area contributed by atoms with Gasteiger partial charge in [-0.15, -0.1) is 11.3 Å². The molecular formula is C13H14N2O2S. The molecule has 2 aromatic rings. The zero-order chi connectivity index (χ0) is 13.1. The molecule has 0 unspecified atom stereocenters. The Kier molecular flexibility index (Phi) is 3.53. The van der Waals surface area contributed by atoms with Crippen molar-refractivity contribution in [2.24, 2.45) is 0 Å². The number of anilines is 2. The van der Waals surface area contributed by atoms with Gasteiger partial charge >= 0.3 is 0 Å². The molecule has 0 spiro atoms. The lowest BCUT2D eigenvalue weighted by Gasteiger charge is -2.05. The Balaban J connectivity index is 2.15. The average molecular weight is 262 g/mol. The minimum Gasteiger partial charge on any atom is -0.497 e. The van der Waals surface area contributed by atoms with E-state index < -0.39 is 0 Å². The number of nitrogen functional groups attached to an aromatic ring is 1. The van der Waals surface area contributed by atoms with Gasteiger partial charge in [-0.3, -0.25) is 4.79 Å². The first-order valence-corrected chi connectivity index (χ1v) is 6.23. The summed E-state index contributed by atoms with van der Waals surface area (Å²) in [6, 6.07) is 8.91. The van der Waals surface area contributed by atoms with E-state index in [0.717, 1.165) is 4.88 Å².